The van der Waals surface area contributed by atoms with E-state index in [-0.39, 0.29) is 0 Å². The molecule has 1 saturated heterocycles. The second-order valence-electron chi connectivity index (χ2n) is 2.76. The van der Waals surface area contributed by atoms with Crippen molar-refractivity contribution in [3.05, 3.63) is 0 Å². The van der Waals surface area contributed by atoms with Crippen LogP contribution in [0.4, 0.5) is 22.0 Å². The summed E-state index contributed by atoms with van der Waals surface area (Å²) in [6, 6.07) is 0. The van der Waals surface area contributed by atoms with Crippen LogP contribution in [0.25, 0.3) is 0 Å². The lowest BCUT2D eigenvalue weighted by atomic mass is 10.1. The second-order valence-corrected chi connectivity index (χ2v) is 4.95. The molecular formula is C5H5F5O2S. The van der Waals surface area contributed by atoms with Crippen molar-refractivity contribution in [1.29, 1.82) is 0 Å². The summed E-state index contributed by atoms with van der Waals surface area (Å²) < 4.78 is 81.7. The van der Waals surface area contributed by atoms with Crippen LogP contribution in [0.3, 0.4) is 0 Å². The lowest BCUT2D eigenvalue weighted by Crippen LogP contribution is -2.38. The van der Waals surface area contributed by atoms with Gasteiger partial charge in [-0.05, 0) is 6.42 Å². The molecule has 0 saturated carbocycles. The molecular weight excluding hydrogens is 219 g/mol. The third-order valence-electron chi connectivity index (χ3n) is 1.89. The molecule has 78 valence electrons. The molecule has 1 atom stereocenters. The van der Waals surface area contributed by atoms with E-state index >= 15 is 0 Å². The van der Waals surface area contributed by atoms with E-state index in [9.17, 15) is 30.4 Å². The van der Waals surface area contributed by atoms with Gasteiger partial charge in [-0.2, -0.15) is 22.0 Å². The Bertz CT molecular complexity index is 303. The van der Waals surface area contributed by atoms with Crippen LogP contribution in [0, 0.1) is 5.92 Å². The van der Waals surface area contributed by atoms with Crippen LogP contribution in [0.2, 0.25) is 0 Å². The molecule has 1 aliphatic rings. The number of hydrogen-bond donors (Lipinski definition) is 0. The zero-order valence-corrected chi connectivity index (χ0v) is 6.92. The first-order valence-corrected chi connectivity index (χ1v) is 4.91. The van der Waals surface area contributed by atoms with Crippen molar-refractivity contribution in [1.82, 2.24) is 0 Å². The summed E-state index contributed by atoms with van der Waals surface area (Å²) >= 11 is 0. The van der Waals surface area contributed by atoms with Gasteiger partial charge in [0.2, 0.25) is 9.84 Å². The maximum absolute atomic E-state index is 12.6. The predicted octanol–water partition coefficient (Wildman–Crippen LogP) is 1.58. The standard InChI is InChI=1S/C5H5F5O2S/c6-4(7,8)3-1-2-13(11,12)5(3,9)10/h3H,1-2H2. The quantitative estimate of drug-likeness (QED) is 0.585. The smallest absolute Gasteiger partial charge is 0.223 e. The van der Waals surface area contributed by atoms with E-state index in [1.807, 2.05) is 0 Å². The Hall–Kier alpha value is -0.400. The van der Waals surface area contributed by atoms with Crippen LogP contribution in [-0.2, 0) is 9.84 Å². The molecule has 1 fully saturated rings. The normalized spacial score (nSPS) is 31.9. The molecule has 0 aromatic rings. The van der Waals surface area contributed by atoms with Crippen molar-refractivity contribution < 1.29 is 30.4 Å². The molecule has 2 nitrogen and oxygen atoms in total. The van der Waals surface area contributed by atoms with Gasteiger partial charge in [0.1, 0.15) is 5.92 Å². The Morgan fingerprint density at radius 1 is 1.23 bits per heavy atom. The van der Waals surface area contributed by atoms with Crippen LogP contribution in [0.15, 0.2) is 0 Å². The molecule has 1 heterocycles. The summed E-state index contributed by atoms with van der Waals surface area (Å²) in [5, 5.41) is -4.66. The first kappa shape index (κ1) is 10.7. The highest BCUT2D eigenvalue weighted by atomic mass is 32.2. The minimum absolute atomic E-state index is 1.06. The average Bonchev–Trinajstić information content (AvgIpc) is 2.00. The highest BCUT2D eigenvalue weighted by Gasteiger charge is 2.66. The molecule has 8 heteroatoms. The molecule has 0 aromatic heterocycles. The first-order valence-electron chi connectivity index (χ1n) is 3.26. The van der Waals surface area contributed by atoms with E-state index in [0.717, 1.165) is 0 Å². The molecule has 0 bridgehead atoms. The second kappa shape index (κ2) is 2.55. The van der Waals surface area contributed by atoms with Crippen molar-refractivity contribution in [2.24, 2.45) is 5.92 Å². The molecule has 0 amide bonds. The highest BCUT2D eigenvalue weighted by Crippen LogP contribution is 2.48. The molecule has 0 aliphatic carbocycles. The van der Waals surface area contributed by atoms with Crippen molar-refractivity contribution in [3.8, 4) is 0 Å². The molecule has 1 unspecified atom stereocenters. The summed E-state index contributed by atoms with van der Waals surface area (Å²) in [4.78, 5) is 0. The largest absolute Gasteiger partial charge is 0.398 e. The topological polar surface area (TPSA) is 34.1 Å². The molecule has 1 rings (SSSR count). The average molecular weight is 224 g/mol. The van der Waals surface area contributed by atoms with Crippen LogP contribution >= 0.6 is 0 Å². The van der Waals surface area contributed by atoms with Gasteiger partial charge in [-0.15, -0.1) is 0 Å². The van der Waals surface area contributed by atoms with Gasteiger partial charge in [-0.1, -0.05) is 0 Å². The SMILES string of the molecule is O=S1(=O)CCC(C(F)(F)F)C1(F)F. The molecule has 0 aromatic carbocycles. The Kier molecular flexibility index (Phi) is 2.10. The lowest BCUT2D eigenvalue weighted by Gasteiger charge is -2.19. The Morgan fingerprint density at radius 3 is 1.85 bits per heavy atom. The third-order valence-corrected chi connectivity index (χ3v) is 3.78. The summed E-state index contributed by atoms with van der Waals surface area (Å²) in [7, 11) is -4.91. The summed E-state index contributed by atoms with van der Waals surface area (Å²) in [6.07, 6.45) is -6.22. The number of halogens is 5. The van der Waals surface area contributed by atoms with Crippen molar-refractivity contribution in [2.45, 2.75) is 17.9 Å². The van der Waals surface area contributed by atoms with Gasteiger partial charge < -0.3 is 0 Å². The van der Waals surface area contributed by atoms with Crippen LogP contribution in [0.5, 0.6) is 0 Å². The lowest BCUT2D eigenvalue weighted by molar-refractivity contribution is -0.213. The maximum atomic E-state index is 12.6. The Labute approximate surface area is 70.6 Å². The van der Waals surface area contributed by atoms with Crippen molar-refractivity contribution in [3.63, 3.8) is 0 Å². The number of rotatable bonds is 0. The van der Waals surface area contributed by atoms with E-state index in [4.69, 9.17) is 0 Å². The third kappa shape index (κ3) is 1.51. The molecule has 1 aliphatic heterocycles. The monoisotopic (exact) mass is 224 g/mol. The molecule has 0 radical (unpaired) electrons. The van der Waals surface area contributed by atoms with Crippen LogP contribution in [-0.4, -0.2) is 25.6 Å². The van der Waals surface area contributed by atoms with Crippen LogP contribution in [0.1, 0.15) is 6.42 Å². The van der Waals surface area contributed by atoms with Crippen LogP contribution < -0.4 is 0 Å². The van der Waals surface area contributed by atoms with E-state index in [1.165, 1.54) is 0 Å². The first-order chi connectivity index (χ1) is 5.59. The minimum atomic E-state index is -5.16. The van der Waals surface area contributed by atoms with Crippen molar-refractivity contribution >= 4 is 9.84 Å². The fourth-order valence-electron chi connectivity index (χ4n) is 1.15. The van der Waals surface area contributed by atoms with Gasteiger partial charge in [0.15, 0.2) is 0 Å². The number of alkyl halides is 5. The summed E-state index contributed by atoms with van der Waals surface area (Å²) in [5.41, 5.74) is 0. The summed E-state index contributed by atoms with van der Waals surface area (Å²) in [6.45, 7) is 0. The predicted molar refractivity (Wildman–Crippen MR) is 32.9 cm³/mol. The fraction of sp³-hybridized carbons (Fsp3) is 1.00. The van der Waals surface area contributed by atoms with Gasteiger partial charge in [0, 0.05) is 0 Å². The molecule has 0 spiro atoms. The summed E-state index contributed by atoms with van der Waals surface area (Å²) in [5.74, 6) is -4.16. The van der Waals surface area contributed by atoms with E-state index < -0.39 is 39.4 Å². The van der Waals surface area contributed by atoms with Gasteiger partial charge >= 0.3 is 11.4 Å². The maximum Gasteiger partial charge on any atom is 0.398 e. The zero-order chi connectivity index (χ0) is 10.5. The zero-order valence-electron chi connectivity index (χ0n) is 6.11. The molecule has 13 heavy (non-hydrogen) atoms. The van der Waals surface area contributed by atoms with Gasteiger partial charge in [0.05, 0.1) is 5.75 Å². The van der Waals surface area contributed by atoms with E-state index in [0.29, 0.717) is 0 Å². The fourth-order valence-corrected chi connectivity index (χ4v) is 2.65. The van der Waals surface area contributed by atoms with E-state index in [2.05, 4.69) is 0 Å². The Balaban J connectivity index is 3.10. The minimum Gasteiger partial charge on any atom is -0.223 e. The van der Waals surface area contributed by atoms with Gasteiger partial charge in [-0.25, -0.2) is 8.42 Å². The highest BCUT2D eigenvalue weighted by molar-refractivity contribution is 7.92. The number of hydrogen-bond acceptors (Lipinski definition) is 2. The Morgan fingerprint density at radius 2 is 1.69 bits per heavy atom. The van der Waals surface area contributed by atoms with E-state index in [1.54, 1.807) is 0 Å². The van der Waals surface area contributed by atoms with Gasteiger partial charge in [0.25, 0.3) is 0 Å². The van der Waals surface area contributed by atoms with Crippen molar-refractivity contribution in [2.75, 3.05) is 5.75 Å². The molecule has 0 N–H and O–H groups in total. The van der Waals surface area contributed by atoms with Gasteiger partial charge in [-0.3, -0.25) is 0 Å². The number of sulfone groups is 1.